The van der Waals surface area contributed by atoms with E-state index in [1.807, 2.05) is 24.3 Å². The number of nitrogens with one attached hydrogen (secondary N) is 1. The van der Waals surface area contributed by atoms with Crippen LogP contribution in [0.1, 0.15) is 22.8 Å². The number of carbonyl (C=O) groups is 1. The first-order chi connectivity index (χ1) is 8.25. The van der Waals surface area contributed by atoms with Gasteiger partial charge < -0.3 is 5.32 Å². The summed E-state index contributed by atoms with van der Waals surface area (Å²) in [5.41, 5.74) is 1.83. The van der Waals surface area contributed by atoms with E-state index >= 15 is 0 Å². The maximum atomic E-state index is 11.1. The zero-order valence-corrected chi connectivity index (χ0v) is 9.68. The number of ketones is 1. The van der Waals surface area contributed by atoms with Crippen molar-refractivity contribution in [1.82, 2.24) is 4.98 Å². The molecule has 1 heterocycles. The van der Waals surface area contributed by atoms with Crippen molar-refractivity contribution in [3.05, 3.63) is 59.8 Å². The van der Waals surface area contributed by atoms with Gasteiger partial charge in [-0.05, 0) is 24.6 Å². The summed E-state index contributed by atoms with van der Waals surface area (Å²) in [4.78, 5) is 15.3. The van der Waals surface area contributed by atoms with Gasteiger partial charge in [-0.3, -0.25) is 4.79 Å². The molecule has 0 aliphatic rings. The predicted octanol–water partition coefficient (Wildman–Crippen LogP) is 2.90. The molecule has 0 unspecified atom stereocenters. The highest BCUT2D eigenvalue weighted by Crippen LogP contribution is 2.07. The van der Waals surface area contributed by atoms with Gasteiger partial charge in [-0.25, -0.2) is 4.98 Å². The van der Waals surface area contributed by atoms with Crippen molar-refractivity contribution in [1.29, 1.82) is 0 Å². The first-order valence-corrected chi connectivity index (χ1v) is 5.50. The third-order valence-corrected chi connectivity index (χ3v) is 2.49. The molecule has 1 aromatic heterocycles. The normalized spacial score (nSPS) is 9.94. The lowest BCUT2D eigenvalue weighted by Gasteiger charge is -2.05. The Labute approximate surface area is 101 Å². The van der Waals surface area contributed by atoms with Crippen LogP contribution in [-0.4, -0.2) is 10.8 Å². The number of hydrogen-bond donors (Lipinski definition) is 1. The Balaban J connectivity index is 1.98. The van der Waals surface area contributed by atoms with Crippen LogP contribution in [0, 0.1) is 0 Å². The number of pyridine rings is 1. The van der Waals surface area contributed by atoms with Crippen molar-refractivity contribution in [3.63, 3.8) is 0 Å². The Bertz CT molecular complexity index is 491. The van der Waals surface area contributed by atoms with Crippen LogP contribution in [0.2, 0.25) is 0 Å². The van der Waals surface area contributed by atoms with E-state index in [2.05, 4.69) is 22.4 Å². The van der Waals surface area contributed by atoms with E-state index in [9.17, 15) is 4.79 Å². The number of anilines is 1. The van der Waals surface area contributed by atoms with Crippen LogP contribution in [0.4, 0.5) is 5.82 Å². The van der Waals surface area contributed by atoms with Crippen molar-refractivity contribution in [2.75, 3.05) is 5.32 Å². The second-order valence-corrected chi connectivity index (χ2v) is 3.83. The summed E-state index contributed by atoms with van der Waals surface area (Å²) in [6.07, 6.45) is 1.59. The van der Waals surface area contributed by atoms with Gasteiger partial charge in [-0.2, -0.15) is 0 Å². The van der Waals surface area contributed by atoms with Gasteiger partial charge in [0.15, 0.2) is 5.78 Å². The second kappa shape index (κ2) is 5.25. The molecule has 0 saturated heterocycles. The first-order valence-electron chi connectivity index (χ1n) is 5.50. The molecule has 2 rings (SSSR count). The van der Waals surface area contributed by atoms with Crippen molar-refractivity contribution >= 4 is 11.6 Å². The molecular formula is C14H14N2O. The molecule has 0 bridgehead atoms. The predicted molar refractivity (Wildman–Crippen MR) is 68.0 cm³/mol. The molecule has 1 N–H and O–H groups in total. The molecule has 2 aromatic rings. The molecule has 0 amide bonds. The van der Waals surface area contributed by atoms with E-state index in [0.29, 0.717) is 5.56 Å². The van der Waals surface area contributed by atoms with Gasteiger partial charge in [-0.15, -0.1) is 0 Å². The van der Waals surface area contributed by atoms with Gasteiger partial charge in [-0.1, -0.05) is 30.3 Å². The summed E-state index contributed by atoms with van der Waals surface area (Å²) < 4.78 is 0. The molecule has 3 heteroatoms. The van der Waals surface area contributed by atoms with E-state index in [1.165, 1.54) is 12.5 Å². The van der Waals surface area contributed by atoms with Crippen LogP contribution in [0.5, 0.6) is 0 Å². The fourth-order valence-electron chi connectivity index (χ4n) is 1.50. The molecule has 17 heavy (non-hydrogen) atoms. The molecule has 0 saturated carbocycles. The van der Waals surface area contributed by atoms with Gasteiger partial charge in [0.05, 0.1) is 0 Å². The second-order valence-electron chi connectivity index (χ2n) is 3.83. The molecule has 0 aliphatic heterocycles. The van der Waals surface area contributed by atoms with E-state index in [1.54, 1.807) is 12.3 Å². The number of Topliss-reactive ketones (excluding diaryl/α,β-unsaturated/α-hetero) is 1. The van der Waals surface area contributed by atoms with Gasteiger partial charge in [0.25, 0.3) is 0 Å². The van der Waals surface area contributed by atoms with Crippen LogP contribution in [-0.2, 0) is 6.54 Å². The summed E-state index contributed by atoms with van der Waals surface area (Å²) in [7, 11) is 0. The Kier molecular flexibility index (Phi) is 3.50. The van der Waals surface area contributed by atoms with Crippen LogP contribution >= 0.6 is 0 Å². The fraction of sp³-hybridized carbons (Fsp3) is 0.143. The number of nitrogens with zero attached hydrogens (tertiary/aromatic N) is 1. The summed E-state index contributed by atoms with van der Waals surface area (Å²) in [5, 5.41) is 3.20. The molecular weight excluding hydrogens is 212 g/mol. The van der Waals surface area contributed by atoms with Crippen LogP contribution in [0.15, 0.2) is 48.7 Å². The zero-order valence-electron chi connectivity index (χ0n) is 9.68. The molecule has 0 atom stereocenters. The number of benzene rings is 1. The van der Waals surface area contributed by atoms with Crippen molar-refractivity contribution in [2.24, 2.45) is 0 Å². The molecule has 0 aliphatic carbocycles. The summed E-state index contributed by atoms with van der Waals surface area (Å²) >= 11 is 0. The Morgan fingerprint density at radius 3 is 2.53 bits per heavy atom. The third kappa shape index (κ3) is 3.14. The number of aromatic nitrogens is 1. The van der Waals surface area contributed by atoms with E-state index in [4.69, 9.17) is 0 Å². The van der Waals surface area contributed by atoms with Crippen LogP contribution in [0.25, 0.3) is 0 Å². The lowest BCUT2D eigenvalue weighted by atomic mass is 10.2. The monoisotopic (exact) mass is 226 g/mol. The fourth-order valence-corrected chi connectivity index (χ4v) is 1.50. The lowest BCUT2D eigenvalue weighted by molar-refractivity contribution is 0.101. The minimum Gasteiger partial charge on any atom is -0.366 e. The average Bonchev–Trinajstić information content (AvgIpc) is 2.38. The number of carbonyl (C=O) groups excluding carboxylic acids is 1. The number of hydrogen-bond acceptors (Lipinski definition) is 3. The zero-order chi connectivity index (χ0) is 12.1. The van der Waals surface area contributed by atoms with Crippen molar-refractivity contribution in [3.8, 4) is 0 Å². The molecule has 0 radical (unpaired) electrons. The van der Waals surface area contributed by atoms with Crippen molar-refractivity contribution < 1.29 is 4.79 Å². The minimum absolute atomic E-state index is 0.0344. The molecule has 0 fully saturated rings. The van der Waals surface area contributed by atoms with E-state index in [0.717, 1.165) is 12.4 Å². The highest BCUT2D eigenvalue weighted by atomic mass is 16.1. The molecule has 86 valence electrons. The van der Waals surface area contributed by atoms with Crippen molar-refractivity contribution in [2.45, 2.75) is 13.5 Å². The SMILES string of the molecule is CC(=O)c1ccc(NCc2ccccc2)nc1. The Hall–Kier alpha value is -2.16. The van der Waals surface area contributed by atoms with Crippen LogP contribution in [0.3, 0.4) is 0 Å². The highest BCUT2D eigenvalue weighted by Gasteiger charge is 1.99. The van der Waals surface area contributed by atoms with Crippen LogP contribution < -0.4 is 5.32 Å². The quantitative estimate of drug-likeness (QED) is 0.815. The minimum atomic E-state index is 0.0344. The standard InChI is InChI=1S/C14H14N2O/c1-11(17)13-7-8-14(16-10-13)15-9-12-5-3-2-4-6-12/h2-8,10H,9H2,1H3,(H,15,16). The Morgan fingerprint density at radius 1 is 1.18 bits per heavy atom. The average molecular weight is 226 g/mol. The smallest absolute Gasteiger partial charge is 0.161 e. The highest BCUT2D eigenvalue weighted by molar-refractivity contribution is 5.93. The van der Waals surface area contributed by atoms with Gasteiger partial charge >= 0.3 is 0 Å². The van der Waals surface area contributed by atoms with E-state index in [-0.39, 0.29) is 5.78 Å². The summed E-state index contributed by atoms with van der Waals surface area (Å²) in [6, 6.07) is 13.7. The summed E-state index contributed by atoms with van der Waals surface area (Å²) in [6.45, 7) is 2.27. The van der Waals surface area contributed by atoms with Gasteiger partial charge in [0, 0.05) is 18.3 Å². The van der Waals surface area contributed by atoms with E-state index < -0.39 is 0 Å². The number of rotatable bonds is 4. The molecule has 3 nitrogen and oxygen atoms in total. The van der Waals surface area contributed by atoms with Gasteiger partial charge in [0.1, 0.15) is 5.82 Å². The Morgan fingerprint density at radius 2 is 1.94 bits per heavy atom. The largest absolute Gasteiger partial charge is 0.366 e. The van der Waals surface area contributed by atoms with Gasteiger partial charge in [0.2, 0.25) is 0 Å². The maximum absolute atomic E-state index is 11.1. The summed E-state index contributed by atoms with van der Waals surface area (Å²) in [5.74, 6) is 0.811. The first kappa shape index (κ1) is 11.3. The topological polar surface area (TPSA) is 42.0 Å². The molecule has 1 aromatic carbocycles. The maximum Gasteiger partial charge on any atom is 0.161 e. The third-order valence-electron chi connectivity index (χ3n) is 2.49. The molecule has 0 spiro atoms. The lowest BCUT2D eigenvalue weighted by Crippen LogP contribution is -2.02.